The molecule has 0 bridgehead atoms. The molecule has 6 rings (SSSR count). The number of hydrogen-bond acceptors (Lipinski definition) is 0. The molecule has 94 valence electrons. The fourth-order valence-corrected chi connectivity index (χ4v) is 7.56. The van der Waals surface area contributed by atoms with Crippen molar-refractivity contribution < 1.29 is 0 Å². The summed E-state index contributed by atoms with van der Waals surface area (Å²) < 4.78 is 0. The molecule has 6 saturated carbocycles. The Labute approximate surface area is 106 Å². The first-order valence-corrected chi connectivity index (χ1v) is 8.43. The van der Waals surface area contributed by atoms with E-state index in [1.54, 1.807) is 19.3 Å². The van der Waals surface area contributed by atoms with Crippen LogP contribution in [-0.2, 0) is 0 Å². The van der Waals surface area contributed by atoms with Gasteiger partial charge in [-0.05, 0) is 53.3 Å². The van der Waals surface area contributed by atoms with Crippen LogP contribution in [0.25, 0.3) is 0 Å². The summed E-state index contributed by atoms with van der Waals surface area (Å²) in [6.07, 6.45) is 12.1. The van der Waals surface area contributed by atoms with Gasteiger partial charge in [-0.2, -0.15) is 0 Å². The Morgan fingerprint density at radius 1 is 0.647 bits per heavy atom. The first-order valence-electron chi connectivity index (χ1n) is 8.43. The van der Waals surface area contributed by atoms with Crippen LogP contribution >= 0.6 is 0 Å². The Hall–Kier alpha value is 0. The van der Waals surface area contributed by atoms with Crippen molar-refractivity contribution >= 4 is 0 Å². The van der Waals surface area contributed by atoms with Crippen molar-refractivity contribution in [1.29, 1.82) is 0 Å². The van der Waals surface area contributed by atoms with Gasteiger partial charge in [0.2, 0.25) is 0 Å². The van der Waals surface area contributed by atoms with Gasteiger partial charge in [-0.25, -0.2) is 0 Å². The minimum atomic E-state index is 1.01. The lowest BCUT2D eigenvalue weighted by atomic mass is 8.96. The quantitative estimate of drug-likeness (QED) is 0.539. The van der Waals surface area contributed by atoms with Gasteiger partial charge in [0.25, 0.3) is 0 Å². The molecule has 0 heterocycles. The first-order chi connectivity index (χ1) is 8.43. The van der Waals surface area contributed by atoms with Crippen LogP contribution in [0.1, 0.15) is 58.3 Å². The van der Waals surface area contributed by atoms with Crippen LogP contribution in [0.2, 0.25) is 0 Å². The molecule has 0 aromatic carbocycles. The van der Waals surface area contributed by atoms with Crippen LogP contribution in [0.15, 0.2) is 0 Å². The Kier molecular flexibility index (Phi) is 1.71. The van der Waals surface area contributed by atoms with E-state index in [-0.39, 0.29) is 0 Å². The second kappa shape index (κ2) is 2.94. The van der Waals surface area contributed by atoms with Crippen LogP contribution in [0.5, 0.6) is 0 Å². The van der Waals surface area contributed by atoms with Crippen molar-refractivity contribution in [3.8, 4) is 0 Å². The van der Waals surface area contributed by atoms with E-state index in [0.29, 0.717) is 0 Å². The average molecular weight is 230 g/mol. The molecule has 6 aliphatic rings. The zero-order valence-electron chi connectivity index (χ0n) is 11.2. The van der Waals surface area contributed by atoms with Crippen molar-refractivity contribution in [3.63, 3.8) is 0 Å². The molecule has 0 saturated heterocycles. The van der Waals surface area contributed by atoms with E-state index in [1.807, 2.05) is 0 Å². The third-order valence-electron chi connectivity index (χ3n) is 7.90. The van der Waals surface area contributed by atoms with Gasteiger partial charge in [-0.1, -0.05) is 51.9 Å². The van der Waals surface area contributed by atoms with Gasteiger partial charge in [0.15, 0.2) is 0 Å². The summed E-state index contributed by atoms with van der Waals surface area (Å²) in [6.45, 7) is 2.31. The topological polar surface area (TPSA) is 0 Å². The SMILES string of the molecule is CCCCCCCCCC12C3C4C5C3C1C5C42. The highest BCUT2D eigenvalue weighted by molar-refractivity contribution is 5.49. The maximum Gasteiger partial charge on any atom is -0.0195 e. The van der Waals surface area contributed by atoms with Crippen molar-refractivity contribution in [2.24, 2.45) is 46.8 Å². The predicted molar refractivity (Wildman–Crippen MR) is 69.5 cm³/mol. The molecule has 0 N–H and O–H groups in total. The molecule has 0 nitrogen and oxygen atoms in total. The van der Waals surface area contributed by atoms with Gasteiger partial charge in [0.05, 0.1) is 0 Å². The predicted octanol–water partition coefficient (Wildman–Crippen LogP) is 4.49. The Balaban J connectivity index is 1.05. The van der Waals surface area contributed by atoms with Crippen molar-refractivity contribution in [3.05, 3.63) is 0 Å². The second-order valence-electron chi connectivity index (χ2n) is 7.87. The summed E-state index contributed by atoms with van der Waals surface area (Å²) in [5, 5.41) is 0. The van der Waals surface area contributed by atoms with Crippen molar-refractivity contribution in [2.45, 2.75) is 58.3 Å². The summed E-state index contributed by atoms with van der Waals surface area (Å²) in [7, 11) is 0. The van der Waals surface area contributed by atoms with Gasteiger partial charge < -0.3 is 0 Å². The third kappa shape index (κ3) is 0.766. The van der Waals surface area contributed by atoms with Crippen LogP contribution in [0.4, 0.5) is 0 Å². The van der Waals surface area contributed by atoms with E-state index < -0.39 is 0 Å². The normalized spacial score (nSPS) is 61.6. The van der Waals surface area contributed by atoms with Gasteiger partial charge in [-0.15, -0.1) is 0 Å². The molecule has 0 aromatic rings. The van der Waals surface area contributed by atoms with Gasteiger partial charge >= 0.3 is 0 Å². The van der Waals surface area contributed by atoms with E-state index in [4.69, 9.17) is 0 Å². The van der Waals surface area contributed by atoms with Gasteiger partial charge in [-0.3, -0.25) is 0 Å². The summed E-state index contributed by atoms with van der Waals surface area (Å²) in [5.41, 5.74) is 1.01. The molecule has 0 aliphatic heterocycles. The summed E-state index contributed by atoms with van der Waals surface area (Å²) in [5.74, 6) is 9.12. The minimum Gasteiger partial charge on any atom is -0.0654 e. The van der Waals surface area contributed by atoms with E-state index >= 15 is 0 Å². The summed E-state index contributed by atoms with van der Waals surface area (Å²) in [4.78, 5) is 0. The van der Waals surface area contributed by atoms with Crippen LogP contribution in [0, 0.1) is 46.8 Å². The van der Waals surface area contributed by atoms with Gasteiger partial charge in [0.1, 0.15) is 0 Å². The standard InChI is InChI=1S/C17H26/c1-2-3-4-5-6-7-8-9-17-14-11-10-12(14)16(17)13(10)15(11)17/h10-16H,2-9H2,1H3. The highest BCUT2D eigenvalue weighted by Gasteiger charge is 3.03. The van der Waals surface area contributed by atoms with Crippen LogP contribution in [-0.4, -0.2) is 0 Å². The lowest BCUT2D eigenvalue weighted by molar-refractivity contribution is -0.616. The minimum absolute atomic E-state index is 1.01. The molecule has 6 fully saturated rings. The smallest absolute Gasteiger partial charge is 0.0195 e. The molecule has 0 atom stereocenters. The zero-order chi connectivity index (χ0) is 11.2. The molecule has 0 amide bonds. The van der Waals surface area contributed by atoms with Gasteiger partial charge in [0, 0.05) is 0 Å². The van der Waals surface area contributed by atoms with E-state index in [1.165, 1.54) is 73.5 Å². The molecular formula is C17H26. The third-order valence-corrected chi connectivity index (χ3v) is 7.90. The van der Waals surface area contributed by atoms with E-state index in [2.05, 4.69) is 6.92 Å². The Morgan fingerprint density at radius 3 is 1.76 bits per heavy atom. The molecule has 0 aromatic heterocycles. The summed E-state index contributed by atoms with van der Waals surface area (Å²) in [6, 6.07) is 0. The number of rotatable bonds is 8. The number of hydrogen-bond donors (Lipinski definition) is 0. The Morgan fingerprint density at radius 2 is 1.18 bits per heavy atom. The van der Waals surface area contributed by atoms with Crippen LogP contribution < -0.4 is 0 Å². The molecule has 0 radical (unpaired) electrons. The van der Waals surface area contributed by atoms with Crippen molar-refractivity contribution in [2.75, 3.05) is 0 Å². The first kappa shape index (κ1) is 9.87. The average Bonchev–Trinajstić information content (AvgIpc) is 2.38. The molecule has 6 aliphatic carbocycles. The lowest BCUT2D eigenvalue weighted by Gasteiger charge is -3.08. The second-order valence-corrected chi connectivity index (χ2v) is 7.87. The van der Waals surface area contributed by atoms with E-state index in [9.17, 15) is 0 Å². The molecule has 0 spiro atoms. The van der Waals surface area contributed by atoms with Crippen molar-refractivity contribution in [1.82, 2.24) is 0 Å². The van der Waals surface area contributed by atoms with Crippen LogP contribution in [0.3, 0.4) is 0 Å². The maximum absolute atomic E-state index is 2.31. The highest BCUT2D eigenvalue weighted by Crippen LogP contribution is 3.06. The monoisotopic (exact) mass is 230 g/mol. The fraction of sp³-hybridized carbons (Fsp3) is 1.00. The summed E-state index contributed by atoms with van der Waals surface area (Å²) >= 11 is 0. The molecule has 17 heavy (non-hydrogen) atoms. The molecule has 0 heteroatoms. The number of unbranched alkanes of at least 4 members (excludes halogenated alkanes) is 6. The molecular weight excluding hydrogens is 204 g/mol. The Bertz CT molecular complexity index is 304. The highest BCUT2D eigenvalue weighted by atomic mass is 15.1. The van der Waals surface area contributed by atoms with E-state index in [0.717, 1.165) is 5.41 Å². The zero-order valence-corrected chi connectivity index (χ0v) is 11.2. The molecule has 0 unspecified atom stereocenters. The largest absolute Gasteiger partial charge is 0.0654 e. The fourth-order valence-electron chi connectivity index (χ4n) is 7.56. The maximum atomic E-state index is 2.31. The lowest BCUT2D eigenvalue weighted by Crippen LogP contribution is -3.05.